The van der Waals surface area contributed by atoms with Crippen LogP contribution < -0.4 is 5.32 Å². The SMILES string of the molecule is C=C(Nc1cccc(-c2ccc(C(C)=O)c3[nH]c(C4=CCC(C)CC4)cc23)c1C)C(/C=N\C)=C/C. The molecule has 1 atom stereocenters. The van der Waals surface area contributed by atoms with Gasteiger partial charge in [0.25, 0.3) is 0 Å². The van der Waals surface area contributed by atoms with Gasteiger partial charge in [0.05, 0.1) is 5.52 Å². The number of allylic oxidation sites excluding steroid dienone is 4. The molecule has 0 bridgehead atoms. The van der Waals surface area contributed by atoms with Gasteiger partial charge < -0.3 is 10.3 Å². The number of benzene rings is 2. The predicted octanol–water partition coefficient (Wildman–Crippen LogP) is 8.12. The maximum atomic E-state index is 12.5. The minimum absolute atomic E-state index is 0.0705. The highest BCUT2D eigenvalue weighted by Crippen LogP contribution is 2.38. The summed E-state index contributed by atoms with van der Waals surface area (Å²) in [5, 5.41) is 4.55. The van der Waals surface area contributed by atoms with Crippen molar-refractivity contribution in [3.8, 4) is 11.1 Å². The number of nitrogens with zero attached hydrogens (tertiary/aromatic N) is 1. The van der Waals surface area contributed by atoms with Crippen molar-refractivity contribution in [2.45, 2.75) is 47.0 Å². The average molecular weight is 466 g/mol. The van der Waals surface area contributed by atoms with Crippen LogP contribution in [-0.2, 0) is 0 Å². The number of H-pyrrole nitrogens is 1. The number of fused-ring (bicyclic) bond motifs is 1. The van der Waals surface area contributed by atoms with Gasteiger partial charge in [-0.05, 0) is 86.4 Å². The van der Waals surface area contributed by atoms with Crippen molar-refractivity contribution in [1.82, 2.24) is 4.98 Å². The highest BCUT2D eigenvalue weighted by Gasteiger charge is 2.19. The number of rotatable bonds is 7. The Labute approximate surface area is 208 Å². The lowest BCUT2D eigenvalue weighted by atomic mass is 9.89. The minimum atomic E-state index is 0.0705. The Balaban J connectivity index is 1.81. The molecule has 0 fully saturated rings. The number of hydrogen-bond acceptors (Lipinski definition) is 3. The van der Waals surface area contributed by atoms with Crippen molar-refractivity contribution < 1.29 is 4.79 Å². The molecule has 4 heteroatoms. The molecule has 180 valence electrons. The Morgan fingerprint density at radius 1 is 1.23 bits per heavy atom. The van der Waals surface area contributed by atoms with E-state index in [1.807, 2.05) is 19.1 Å². The van der Waals surface area contributed by atoms with Crippen LogP contribution in [-0.4, -0.2) is 24.0 Å². The Bertz CT molecular complexity index is 1380. The normalized spacial score (nSPS) is 16.5. The number of aromatic amines is 1. The molecule has 4 nitrogen and oxygen atoms in total. The third kappa shape index (κ3) is 4.93. The number of carbonyl (C=O) groups is 1. The first-order valence-corrected chi connectivity index (χ1v) is 12.3. The molecule has 35 heavy (non-hydrogen) atoms. The van der Waals surface area contributed by atoms with Crippen molar-refractivity contribution in [1.29, 1.82) is 0 Å². The average Bonchev–Trinajstić information content (AvgIpc) is 3.29. The van der Waals surface area contributed by atoms with Crippen molar-refractivity contribution in [3.63, 3.8) is 0 Å². The van der Waals surface area contributed by atoms with Crippen molar-refractivity contribution >= 4 is 34.2 Å². The summed E-state index contributed by atoms with van der Waals surface area (Å²) >= 11 is 0. The van der Waals surface area contributed by atoms with E-state index in [0.29, 0.717) is 0 Å². The number of aliphatic imine (C=N–C) groups is 1. The standard InChI is InChI=1S/C31H35N3O/c1-7-23(18-32-6)21(4)33-29-10-8-9-25(20(29)3)27-16-15-26(22(5)35)31-28(27)17-30(34-31)24-13-11-19(2)12-14-24/h7-10,13,15-19,33-34H,4,11-12,14H2,1-3,5-6H3/b23-7+,32-18-. The molecule has 2 N–H and O–H groups in total. The number of nitrogens with one attached hydrogen (secondary N) is 2. The molecule has 0 spiro atoms. The first kappa shape index (κ1) is 24.5. The number of aromatic nitrogens is 1. The molecule has 3 aromatic rings. The number of hydrogen-bond donors (Lipinski definition) is 2. The minimum Gasteiger partial charge on any atom is -0.355 e. The van der Waals surface area contributed by atoms with Gasteiger partial charge in [-0.15, -0.1) is 0 Å². The third-order valence-corrected chi connectivity index (χ3v) is 7.03. The van der Waals surface area contributed by atoms with Crippen LogP contribution in [0.2, 0.25) is 0 Å². The largest absolute Gasteiger partial charge is 0.355 e. The molecular weight excluding hydrogens is 430 g/mol. The van der Waals surface area contributed by atoms with Gasteiger partial charge in [0, 0.05) is 46.9 Å². The van der Waals surface area contributed by atoms with Gasteiger partial charge >= 0.3 is 0 Å². The molecule has 0 aliphatic heterocycles. The summed E-state index contributed by atoms with van der Waals surface area (Å²) in [6.45, 7) is 12.2. The number of ketones is 1. The Morgan fingerprint density at radius 2 is 2.03 bits per heavy atom. The van der Waals surface area contributed by atoms with Gasteiger partial charge in [-0.1, -0.05) is 43.9 Å². The van der Waals surface area contributed by atoms with Crippen molar-refractivity contribution in [2.24, 2.45) is 10.9 Å². The highest BCUT2D eigenvalue weighted by atomic mass is 16.1. The van der Waals surface area contributed by atoms with E-state index in [2.05, 4.69) is 72.1 Å². The lowest BCUT2D eigenvalue weighted by molar-refractivity contribution is 0.101. The zero-order chi connectivity index (χ0) is 25.1. The van der Waals surface area contributed by atoms with Crippen LogP contribution in [0.5, 0.6) is 0 Å². The molecular formula is C31H35N3O. The number of carbonyl (C=O) groups excluding carboxylic acids is 1. The molecule has 0 saturated carbocycles. The molecule has 0 radical (unpaired) electrons. The van der Waals surface area contributed by atoms with Gasteiger partial charge in [-0.2, -0.15) is 0 Å². The Kier molecular flexibility index (Phi) is 7.20. The molecule has 1 aromatic heterocycles. The van der Waals surface area contributed by atoms with Crippen LogP contribution in [0.15, 0.2) is 71.4 Å². The maximum absolute atomic E-state index is 12.5. The fourth-order valence-electron chi connectivity index (χ4n) is 4.89. The van der Waals surface area contributed by atoms with Gasteiger partial charge in [-0.25, -0.2) is 0 Å². The van der Waals surface area contributed by atoms with Crippen LogP contribution in [0.3, 0.4) is 0 Å². The lowest BCUT2D eigenvalue weighted by Crippen LogP contribution is -2.04. The summed E-state index contributed by atoms with van der Waals surface area (Å²) in [6.07, 6.45) is 9.51. The van der Waals surface area contributed by atoms with Crippen LogP contribution in [0.4, 0.5) is 5.69 Å². The Morgan fingerprint density at radius 3 is 2.69 bits per heavy atom. The van der Waals surface area contributed by atoms with E-state index in [-0.39, 0.29) is 5.78 Å². The number of anilines is 1. The van der Waals surface area contributed by atoms with E-state index in [0.717, 1.165) is 74.6 Å². The van der Waals surface area contributed by atoms with E-state index < -0.39 is 0 Å². The first-order chi connectivity index (χ1) is 16.8. The zero-order valence-corrected chi connectivity index (χ0v) is 21.5. The van der Waals surface area contributed by atoms with E-state index in [9.17, 15) is 4.79 Å². The molecule has 1 heterocycles. The van der Waals surface area contributed by atoms with Crippen LogP contribution in [0, 0.1) is 12.8 Å². The Hall–Kier alpha value is -3.66. The quantitative estimate of drug-likeness (QED) is 0.210. The topological polar surface area (TPSA) is 57.2 Å². The fraction of sp³-hybridized carbons (Fsp3) is 0.290. The van der Waals surface area contributed by atoms with Crippen molar-refractivity contribution in [2.75, 3.05) is 12.4 Å². The second-order valence-corrected chi connectivity index (χ2v) is 9.51. The van der Waals surface area contributed by atoms with Crippen LogP contribution in [0.25, 0.3) is 27.6 Å². The summed E-state index contributed by atoms with van der Waals surface area (Å²) < 4.78 is 0. The highest BCUT2D eigenvalue weighted by molar-refractivity contribution is 6.11. The van der Waals surface area contributed by atoms with Crippen molar-refractivity contribution in [3.05, 3.63) is 83.2 Å². The monoisotopic (exact) mass is 465 g/mol. The summed E-state index contributed by atoms with van der Waals surface area (Å²) in [7, 11) is 1.76. The van der Waals surface area contributed by atoms with Gasteiger partial charge in [-0.3, -0.25) is 9.79 Å². The maximum Gasteiger partial charge on any atom is 0.161 e. The zero-order valence-electron chi connectivity index (χ0n) is 21.5. The lowest BCUT2D eigenvalue weighted by Gasteiger charge is -2.17. The second kappa shape index (κ2) is 10.3. The van der Waals surface area contributed by atoms with Gasteiger partial charge in [0.15, 0.2) is 5.78 Å². The summed E-state index contributed by atoms with van der Waals surface area (Å²) in [4.78, 5) is 20.2. The van der Waals surface area contributed by atoms with E-state index in [4.69, 9.17) is 0 Å². The molecule has 4 rings (SSSR count). The van der Waals surface area contributed by atoms with Gasteiger partial charge in [0.1, 0.15) is 0 Å². The third-order valence-electron chi connectivity index (χ3n) is 7.03. The van der Waals surface area contributed by atoms with E-state index in [1.165, 1.54) is 12.0 Å². The summed E-state index contributed by atoms with van der Waals surface area (Å²) in [5.41, 5.74) is 10.3. The molecule has 1 aliphatic carbocycles. The molecule has 2 aromatic carbocycles. The summed E-state index contributed by atoms with van der Waals surface area (Å²) in [5.74, 6) is 0.798. The van der Waals surface area contributed by atoms with E-state index >= 15 is 0 Å². The second-order valence-electron chi connectivity index (χ2n) is 9.51. The van der Waals surface area contributed by atoms with Gasteiger partial charge in [0.2, 0.25) is 0 Å². The smallest absolute Gasteiger partial charge is 0.161 e. The number of Topliss-reactive ketones (excluding diaryl/α,β-unsaturated/α-hetero) is 1. The van der Waals surface area contributed by atoms with Crippen LogP contribution in [0.1, 0.15) is 61.6 Å². The predicted molar refractivity (Wildman–Crippen MR) is 150 cm³/mol. The molecule has 1 aliphatic rings. The molecule has 0 saturated heterocycles. The van der Waals surface area contributed by atoms with E-state index in [1.54, 1.807) is 20.2 Å². The summed E-state index contributed by atoms with van der Waals surface area (Å²) in [6, 6.07) is 12.5. The fourth-order valence-corrected chi connectivity index (χ4v) is 4.89. The first-order valence-electron chi connectivity index (χ1n) is 12.3. The molecule has 1 unspecified atom stereocenters. The van der Waals surface area contributed by atoms with Crippen LogP contribution >= 0.6 is 0 Å². The molecule has 0 amide bonds.